The van der Waals surface area contributed by atoms with Gasteiger partial charge in [-0.2, -0.15) is 0 Å². The van der Waals surface area contributed by atoms with Gasteiger partial charge < -0.3 is 9.13 Å². The normalized spacial score (nSPS) is 10.9. The van der Waals surface area contributed by atoms with Crippen molar-refractivity contribution >= 4 is 11.0 Å². The van der Waals surface area contributed by atoms with Gasteiger partial charge in [-0.25, -0.2) is 0 Å². The smallest absolute Gasteiger partial charge is 0.0770 e. The van der Waals surface area contributed by atoms with Crippen molar-refractivity contribution in [2.24, 2.45) is 7.05 Å². The fourth-order valence-corrected chi connectivity index (χ4v) is 5.77. The first-order chi connectivity index (χ1) is 21.9. The van der Waals surface area contributed by atoms with Crippen LogP contribution >= 0.6 is 0 Å². The third kappa shape index (κ3) is 6.82. The van der Waals surface area contributed by atoms with Gasteiger partial charge in [0.15, 0.2) is 0 Å². The van der Waals surface area contributed by atoms with Gasteiger partial charge in [0.1, 0.15) is 0 Å². The molecule has 0 bridgehead atoms. The van der Waals surface area contributed by atoms with Gasteiger partial charge in [-0.05, 0) is 58.4 Å². The second-order valence-corrected chi connectivity index (χ2v) is 11.8. The number of hydrogen-bond acceptors (Lipinski definition) is 2. The van der Waals surface area contributed by atoms with Crippen LogP contribution in [-0.2, 0) is 27.2 Å². The Bertz CT molecular complexity index is 1980. The first kappa shape index (κ1) is 32.8. The molecule has 0 aliphatic carbocycles. The van der Waals surface area contributed by atoms with Crippen molar-refractivity contribution in [3.8, 4) is 39.6 Å². The van der Waals surface area contributed by atoms with E-state index in [4.69, 9.17) is 0 Å². The number of hydrogen-bond donors (Lipinski definition) is 0. The van der Waals surface area contributed by atoms with Gasteiger partial charge in [0.2, 0.25) is 0 Å². The van der Waals surface area contributed by atoms with E-state index in [2.05, 4.69) is 120 Å². The van der Waals surface area contributed by atoms with Crippen LogP contribution in [0.25, 0.3) is 50.6 Å². The van der Waals surface area contributed by atoms with E-state index in [1.54, 1.807) is 0 Å². The molecule has 4 nitrogen and oxygen atoms in total. The second-order valence-electron chi connectivity index (χ2n) is 11.8. The third-order valence-electron chi connectivity index (χ3n) is 8.09. The molecule has 0 aliphatic heterocycles. The molecule has 2 aromatic heterocycles. The summed E-state index contributed by atoms with van der Waals surface area (Å²) in [6, 6.07) is 46.0. The average Bonchev–Trinajstić information content (AvgIpc) is 3.70. The molecule has 0 saturated carbocycles. The topological polar surface area (TPSA) is 35.6 Å². The Hall–Kier alpha value is -4.57. The molecule has 0 amide bonds. The maximum Gasteiger partial charge on any atom is 0.0770 e. The molecular formula is C41H38IrN4-2. The first-order valence-electron chi connectivity index (χ1n) is 15.5. The molecule has 0 aliphatic rings. The van der Waals surface area contributed by atoms with E-state index in [0.29, 0.717) is 11.8 Å². The fraction of sp³-hybridized carbons (Fsp3) is 0.171. The van der Waals surface area contributed by atoms with E-state index in [9.17, 15) is 0 Å². The van der Waals surface area contributed by atoms with Crippen molar-refractivity contribution in [1.29, 1.82) is 0 Å². The van der Waals surface area contributed by atoms with Crippen LogP contribution in [0, 0.1) is 12.1 Å². The number of benzene rings is 5. The second kappa shape index (κ2) is 14.7. The average molecular weight is 779 g/mol. The van der Waals surface area contributed by atoms with Gasteiger partial charge in [-0.1, -0.05) is 70.2 Å². The van der Waals surface area contributed by atoms with Crippen molar-refractivity contribution in [1.82, 2.24) is 19.1 Å². The van der Waals surface area contributed by atoms with Crippen LogP contribution in [0.4, 0.5) is 0 Å². The van der Waals surface area contributed by atoms with E-state index in [1.807, 2.05) is 73.9 Å². The number of aryl methyl sites for hydroxylation is 1. The Morgan fingerprint density at radius 3 is 1.76 bits per heavy atom. The molecule has 7 rings (SSSR count). The van der Waals surface area contributed by atoms with Gasteiger partial charge in [-0.15, -0.1) is 71.8 Å². The number of fused-ring (bicyclic) bond motifs is 1. The van der Waals surface area contributed by atoms with Crippen molar-refractivity contribution < 1.29 is 20.1 Å². The zero-order valence-corrected chi connectivity index (χ0v) is 29.3. The summed E-state index contributed by atoms with van der Waals surface area (Å²) in [5, 5.41) is 0. The minimum atomic E-state index is 0. The summed E-state index contributed by atoms with van der Waals surface area (Å²) in [5.74, 6) is 2.67. The molecule has 1 radical (unpaired) electrons. The van der Waals surface area contributed by atoms with Crippen LogP contribution < -0.4 is 0 Å². The van der Waals surface area contributed by atoms with Crippen LogP contribution in [-0.4, -0.2) is 19.1 Å². The van der Waals surface area contributed by atoms with Gasteiger partial charge in [0, 0.05) is 45.2 Å². The third-order valence-corrected chi connectivity index (χ3v) is 8.09. The standard InChI is InChI=1S/C27H27N2.C14H11N2.Ir/c1-19(2)24-17-23(21-11-7-5-8-12-21)18-25(20(3)4)26(24)29-16-15-28-27(29)22-13-9-6-10-14-22;1-16-13-10-6-5-9-12(13)15-14(16)11-7-3-2-4-8-11;/h5-13,15-20H,1-4H3;2-7,9-10H,1H3;/q2*-1;. The summed E-state index contributed by atoms with van der Waals surface area (Å²) in [7, 11) is 2.03. The van der Waals surface area contributed by atoms with Crippen molar-refractivity contribution in [3.63, 3.8) is 0 Å². The first-order valence-corrected chi connectivity index (χ1v) is 15.5. The number of aromatic nitrogens is 4. The Morgan fingerprint density at radius 2 is 1.20 bits per heavy atom. The molecule has 7 aromatic rings. The van der Waals surface area contributed by atoms with E-state index >= 15 is 0 Å². The molecule has 233 valence electrons. The molecule has 0 unspecified atom stereocenters. The molecule has 0 atom stereocenters. The summed E-state index contributed by atoms with van der Waals surface area (Å²) >= 11 is 0. The molecule has 0 N–H and O–H groups in total. The predicted molar refractivity (Wildman–Crippen MR) is 186 cm³/mol. The number of para-hydroxylation sites is 2. The maximum atomic E-state index is 4.68. The number of imidazole rings is 2. The molecule has 0 saturated heterocycles. The van der Waals surface area contributed by atoms with Crippen molar-refractivity contribution in [3.05, 3.63) is 151 Å². The fourth-order valence-electron chi connectivity index (χ4n) is 5.77. The van der Waals surface area contributed by atoms with Crippen LogP contribution in [0.5, 0.6) is 0 Å². The largest absolute Gasteiger partial charge is 0.367 e. The molecule has 0 fully saturated rings. The molecule has 2 heterocycles. The molecule has 5 heteroatoms. The van der Waals surface area contributed by atoms with Crippen LogP contribution in [0.3, 0.4) is 0 Å². The zero-order valence-electron chi connectivity index (χ0n) is 26.9. The molecular weight excluding hydrogens is 741 g/mol. The van der Waals surface area contributed by atoms with Gasteiger partial charge in [-0.3, -0.25) is 9.97 Å². The van der Waals surface area contributed by atoms with Crippen LogP contribution in [0.1, 0.15) is 50.7 Å². The number of nitrogens with zero attached hydrogens (tertiary/aromatic N) is 4. The monoisotopic (exact) mass is 779 g/mol. The predicted octanol–water partition coefficient (Wildman–Crippen LogP) is 10.3. The Labute approximate surface area is 286 Å². The molecule has 5 aromatic carbocycles. The van der Waals surface area contributed by atoms with E-state index < -0.39 is 0 Å². The van der Waals surface area contributed by atoms with E-state index in [-0.39, 0.29) is 20.1 Å². The van der Waals surface area contributed by atoms with Crippen LogP contribution in [0.15, 0.2) is 128 Å². The van der Waals surface area contributed by atoms with Gasteiger partial charge in [0.25, 0.3) is 0 Å². The summed E-state index contributed by atoms with van der Waals surface area (Å²) in [5.41, 5.74) is 10.7. The quantitative estimate of drug-likeness (QED) is 0.158. The molecule has 0 spiro atoms. The summed E-state index contributed by atoms with van der Waals surface area (Å²) in [6.07, 6.45) is 3.96. The van der Waals surface area contributed by atoms with Gasteiger partial charge >= 0.3 is 0 Å². The Kier molecular flexibility index (Phi) is 10.5. The SMILES string of the molecule is CC(C)c1cc(-c2ccccc2)cc(C(C)C)c1-n1ccnc1-c1[c-]cccc1.Cn1c(-c2[c-]cccc2)nc2ccccc21.[Ir]. The van der Waals surface area contributed by atoms with Gasteiger partial charge in [0.05, 0.1) is 22.7 Å². The van der Waals surface area contributed by atoms with Crippen molar-refractivity contribution in [2.45, 2.75) is 39.5 Å². The molecule has 46 heavy (non-hydrogen) atoms. The zero-order chi connectivity index (χ0) is 31.3. The Morgan fingerprint density at radius 1 is 0.630 bits per heavy atom. The van der Waals surface area contributed by atoms with E-state index in [0.717, 1.165) is 33.8 Å². The maximum absolute atomic E-state index is 4.68. The number of rotatable bonds is 6. The van der Waals surface area contributed by atoms with Crippen LogP contribution in [0.2, 0.25) is 0 Å². The summed E-state index contributed by atoms with van der Waals surface area (Å²) in [4.78, 5) is 9.29. The summed E-state index contributed by atoms with van der Waals surface area (Å²) in [6.45, 7) is 9.07. The Balaban J connectivity index is 0.000000207. The summed E-state index contributed by atoms with van der Waals surface area (Å²) < 4.78 is 4.34. The minimum absolute atomic E-state index is 0. The van der Waals surface area contributed by atoms with Crippen molar-refractivity contribution in [2.75, 3.05) is 0 Å². The van der Waals surface area contributed by atoms with E-state index in [1.165, 1.54) is 27.9 Å². The minimum Gasteiger partial charge on any atom is -0.367 e.